The third-order valence-corrected chi connectivity index (χ3v) is 5.53. The van der Waals surface area contributed by atoms with Gasteiger partial charge in [0, 0.05) is 5.56 Å². The average Bonchev–Trinajstić information content (AvgIpc) is 3.20. The summed E-state index contributed by atoms with van der Waals surface area (Å²) in [7, 11) is 0. The Labute approximate surface area is 170 Å². The third kappa shape index (κ3) is 4.00. The van der Waals surface area contributed by atoms with Crippen molar-refractivity contribution in [3.05, 3.63) is 71.8 Å². The average molecular weight is 396 g/mol. The molecule has 0 spiro atoms. The van der Waals surface area contributed by atoms with E-state index in [4.69, 9.17) is 0 Å². The van der Waals surface area contributed by atoms with Gasteiger partial charge in [0.2, 0.25) is 5.82 Å². The fraction of sp³-hybridized carbons (Fsp3) is 0.409. The van der Waals surface area contributed by atoms with Gasteiger partial charge in [-0.05, 0) is 43.3 Å². The lowest BCUT2D eigenvalue weighted by molar-refractivity contribution is -0.927. The summed E-state index contributed by atoms with van der Waals surface area (Å²) in [6, 6.07) is 17.5. The van der Waals surface area contributed by atoms with E-state index < -0.39 is 0 Å². The monoisotopic (exact) mass is 395 g/mol. The lowest BCUT2D eigenvalue weighted by atomic mass is 10.0. The molecule has 1 aliphatic rings. The van der Waals surface area contributed by atoms with E-state index in [2.05, 4.69) is 65.5 Å². The fourth-order valence-electron chi connectivity index (χ4n) is 4.10. The standard InChI is InChI=1S/C22H27FN6/c1-22(2,3)29-21(24-25-26-29)20(17-9-5-4-6-10-17)28-15-13-27(14-16-28)19-12-8-7-11-18(19)23/h4-12,20H,13-16H2,1-3H3/p+1/t20-/m1/s1. The number of benzene rings is 2. The van der Waals surface area contributed by atoms with Gasteiger partial charge in [0.05, 0.1) is 37.4 Å². The molecule has 2 heterocycles. The molecule has 1 aromatic heterocycles. The maximum absolute atomic E-state index is 14.2. The molecule has 0 bridgehead atoms. The minimum atomic E-state index is -0.208. The molecule has 1 saturated heterocycles. The van der Waals surface area contributed by atoms with Crippen molar-refractivity contribution in [3.8, 4) is 0 Å². The zero-order valence-corrected chi connectivity index (χ0v) is 17.2. The molecular weight excluding hydrogens is 367 g/mol. The molecule has 1 aliphatic heterocycles. The Morgan fingerprint density at radius 2 is 1.62 bits per heavy atom. The minimum Gasteiger partial charge on any atom is -0.358 e. The number of halogens is 1. The summed E-state index contributed by atoms with van der Waals surface area (Å²) in [5.74, 6) is 0.713. The van der Waals surface area contributed by atoms with Crippen LogP contribution in [0.3, 0.4) is 0 Å². The van der Waals surface area contributed by atoms with Gasteiger partial charge in [0.25, 0.3) is 0 Å². The second-order valence-corrected chi connectivity index (χ2v) is 8.56. The number of tetrazole rings is 1. The van der Waals surface area contributed by atoms with E-state index in [-0.39, 0.29) is 17.4 Å². The predicted molar refractivity (Wildman–Crippen MR) is 110 cm³/mol. The molecule has 0 saturated carbocycles. The molecule has 7 heteroatoms. The van der Waals surface area contributed by atoms with E-state index in [0.29, 0.717) is 5.69 Å². The number of nitrogens with zero attached hydrogens (tertiary/aromatic N) is 5. The highest BCUT2D eigenvalue weighted by atomic mass is 19.1. The van der Waals surface area contributed by atoms with Gasteiger partial charge in [0.15, 0.2) is 6.04 Å². The van der Waals surface area contributed by atoms with Crippen molar-refractivity contribution in [2.45, 2.75) is 32.4 Å². The SMILES string of the molecule is CC(C)(C)n1nnnc1[C@@H](c1ccccc1)[NH+]1CCN(c2ccccc2F)CC1. The molecule has 29 heavy (non-hydrogen) atoms. The highest BCUT2D eigenvalue weighted by molar-refractivity contribution is 5.47. The van der Waals surface area contributed by atoms with E-state index in [9.17, 15) is 4.39 Å². The lowest BCUT2D eigenvalue weighted by Gasteiger charge is -2.37. The molecule has 6 nitrogen and oxygen atoms in total. The molecule has 4 rings (SSSR count). The second-order valence-electron chi connectivity index (χ2n) is 8.56. The highest BCUT2D eigenvalue weighted by Gasteiger charge is 2.36. The van der Waals surface area contributed by atoms with Crippen LogP contribution in [-0.2, 0) is 5.54 Å². The number of piperazine rings is 1. The number of aromatic nitrogens is 4. The van der Waals surface area contributed by atoms with E-state index in [1.807, 2.05) is 22.9 Å². The summed E-state index contributed by atoms with van der Waals surface area (Å²) >= 11 is 0. The molecule has 0 radical (unpaired) electrons. The lowest BCUT2D eigenvalue weighted by Crippen LogP contribution is -3.15. The predicted octanol–water partition coefficient (Wildman–Crippen LogP) is 2.06. The zero-order valence-electron chi connectivity index (χ0n) is 17.2. The van der Waals surface area contributed by atoms with Crippen LogP contribution in [0.5, 0.6) is 0 Å². The van der Waals surface area contributed by atoms with Crippen molar-refractivity contribution in [1.29, 1.82) is 0 Å². The minimum absolute atomic E-state index is 0.0354. The van der Waals surface area contributed by atoms with Crippen molar-refractivity contribution < 1.29 is 9.29 Å². The van der Waals surface area contributed by atoms with Gasteiger partial charge in [-0.1, -0.05) is 42.5 Å². The van der Waals surface area contributed by atoms with Crippen molar-refractivity contribution in [2.24, 2.45) is 0 Å². The summed E-state index contributed by atoms with van der Waals surface area (Å²) in [6.45, 7) is 9.67. The summed E-state index contributed by atoms with van der Waals surface area (Å²) in [5.41, 5.74) is 1.67. The first kappa shape index (κ1) is 19.5. The number of para-hydroxylation sites is 1. The molecule has 0 unspecified atom stereocenters. The number of quaternary nitrogens is 1. The summed E-state index contributed by atoms with van der Waals surface area (Å²) < 4.78 is 16.2. The molecule has 1 atom stereocenters. The second kappa shape index (κ2) is 7.91. The van der Waals surface area contributed by atoms with Crippen LogP contribution in [0.4, 0.5) is 10.1 Å². The van der Waals surface area contributed by atoms with Gasteiger partial charge < -0.3 is 9.80 Å². The fourth-order valence-corrected chi connectivity index (χ4v) is 4.10. The van der Waals surface area contributed by atoms with Crippen LogP contribution in [0.25, 0.3) is 0 Å². The van der Waals surface area contributed by atoms with Crippen LogP contribution in [0.15, 0.2) is 54.6 Å². The van der Waals surface area contributed by atoms with Gasteiger partial charge >= 0.3 is 0 Å². The van der Waals surface area contributed by atoms with Crippen LogP contribution in [0.2, 0.25) is 0 Å². The summed E-state index contributed by atoms with van der Waals surface area (Å²) in [4.78, 5) is 3.53. The molecule has 1 fully saturated rings. The number of hydrogen-bond donors (Lipinski definition) is 1. The number of anilines is 1. The Balaban J connectivity index is 1.63. The van der Waals surface area contributed by atoms with Crippen LogP contribution in [0.1, 0.15) is 38.2 Å². The maximum atomic E-state index is 14.2. The highest BCUT2D eigenvalue weighted by Crippen LogP contribution is 2.23. The Morgan fingerprint density at radius 1 is 0.966 bits per heavy atom. The molecule has 0 amide bonds. The van der Waals surface area contributed by atoms with Gasteiger partial charge in [-0.3, -0.25) is 0 Å². The van der Waals surface area contributed by atoms with Gasteiger partial charge in [-0.2, -0.15) is 0 Å². The first-order chi connectivity index (χ1) is 13.9. The van der Waals surface area contributed by atoms with Gasteiger partial charge in [-0.15, -0.1) is 5.10 Å². The van der Waals surface area contributed by atoms with Crippen molar-refractivity contribution in [3.63, 3.8) is 0 Å². The van der Waals surface area contributed by atoms with Crippen LogP contribution < -0.4 is 9.80 Å². The van der Waals surface area contributed by atoms with Crippen LogP contribution in [0, 0.1) is 5.82 Å². The van der Waals surface area contributed by atoms with E-state index in [0.717, 1.165) is 32.0 Å². The normalized spacial score (nSPS) is 16.8. The smallest absolute Gasteiger partial charge is 0.214 e. The molecule has 1 N–H and O–H groups in total. The Kier molecular flexibility index (Phi) is 5.32. The van der Waals surface area contributed by atoms with E-state index in [1.165, 1.54) is 16.5 Å². The van der Waals surface area contributed by atoms with Crippen molar-refractivity contribution in [2.75, 3.05) is 31.1 Å². The van der Waals surface area contributed by atoms with Gasteiger partial charge in [-0.25, -0.2) is 9.07 Å². The maximum Gasteiger partial charge on any atom is 0.214 e. The number of nitrogens with one attached hydrogen (secondary N) is 1. The van der Waals surface area contributed by atoms with Crippen molar-refractivity contribution in [1.82, 2.24) is 20.2 Å². The zero-order chi connectivity index (χ0) is 20.4. The summed E-state index contributed by atoms with van der Waals surface area (Å²) in [6.07, 6.45) is 0. The largest absolute Gasteiger partial charge is 0.358 e. The molecular formula is C22H28FN6+. The number of hydrogen-bond acceptors (Lipinski definition) is 4. The molecule has 0 aliphatic carbocycles. The first-order valence-electron chi connectivity index (χ1n) is 10.1. The summed E-state index contributed by atoms with van der Waals surface area (Å²) in [5, 5.41) is 12.7. The molecule has 3 aromatic rings. The Bertz CT molecular complexity index is 941. The quantitative estimate of drug-likeness (QED) is 0.735. The third-order valence-electron chi connectivity index (χ3n) is 5.53. The topological polar surface area (TPSA) is 51.3 Å². The van der Waals surface area contributed by atoms with E-state index in [1.54, 1.807) is 6.07 Å². The Hall–Kier alpha value is -2.80. The number of rotatable bonds is 4. The van der Waals surface area contributed by atoms with Crippen LogP contribution in [-0.4, -0.2) is 46.4 Å². The molecule has 152 valence electrons. The van der Waals surface area contributed by atoms with Crippen molar-refractivity contribution >= 4 is 5.69 Å². The Morgan fingerprint density at radius 3 is 2.28 bits per heavy atom. The molecule has 2 aromatic carbocycles. The first-order valence-corrected chi connectivity index (χ1v) is 10.1. The van der Waals surface area contributed by atoms with Gasteiger partial charge in [0.1, 0.15) is 5.82 Å². The van der Waals surface area contributed by atoms with E-state index >= 15 is 0 Å². The van der Waals surface area contributed by atoms with Crippen LogP contribution >= 0.6 is 0 Å².